The highest BCUT2D eigenvalue weighted by Gasteiger charge is 2.51. The molecule has 4 aromatic carbocycles. The number of carbonyl (C=O) groups excluding carboxylic acids is 4. The van der Waals surface area contributed by atoms with Crippen molar-refractivity contribution in [1.29, 1.82) is 5.26 Å². The summed E-state index contributed by atoms with van der Waals surface area (Å²) in [7, 11) is 0. The first-order valence-corrected chi connectivity index (χ1v) is 24.7. The maximum atomic E-state index is 14.0. The Hall–Kier alpha value is -6.76. The number of aromatic nitrogens is 1. The normalized spacial score (nSPS) is 17.6. The van der Waals surface area contributed by atoms with Crippen LogP contribution in [-0.2, 0) is 36.6 Å². The van der Waals surface area contributed by atoms with E-state index in [1.54, 1.807) is 86.7 Å². The van der Waals surface area contributed by atoms with E-state index in [0.717, 1.165) is 49.9 Å². The molecule has 15 nitrogen and oxygen atoms in total. The zero-order chi connectivity index (χ0) is 53.0. The molecule has 0 saturated carbocycles. The maximum absolute atomic E-state index is 14.0. The van der Waals surface area contributed by atoms with Crippen molar-refractivity contribution in [2.24, 2.45) is 5.41 Å². The number of β-amino-alcohol motifs (C(OH)–C–C–N with tert-alkyl or cyclic N) is 1. The number of amides is 4. The second kappa shape index (κ2) is 22.2. The fourth-order valence-corrected chi connectivity index (χ4v) is 9.98. The van der Waals surface area contributed by atoms with Gasteiger partial charge in [-0.2, -0.15) is 18.4 Å². The Morgan fingerprint density at radius 3 is 2.21 bits per heavy atom. The standard InChI is InChI=1S/C53H56F3N7O8S2/c1-31-45(73-30-59-31)35-9-7-32(8-10-35)26-58-47(67)43-24-40(65)27-61(43)48(68)46(51(2,3)4)60-44(66)29-70-22-21-39(64)28-71-41-19-14-34(15-20-41)33-11-16-37(17-12-33)63-50(72)62(49(69)52(63,5)6)38-18-13-36(25-57)42(23-38)53(54,55)56/h7-20,23,30,39-40,43,46,64-65H,21-22,24,26-29H2,1-6H3,(H,58,67)(H,60,66)/t39?,40-,43+,46-/m1/s1. The van der Waals surface area contributed by atoms with Crippen molar-refractivity contribution in [2.45, 2.75) is 96.9 Å². The molecule has 2 aliphatic heterocycles. The van der Waals surface area contributed by atoms with Gasteiger partial charge in [0, 0.05) is 38.2 Å². The lowest BCUT2D eigenvalue weighted by Gasteiger charge is -2.35. The summed E-state index contributed by atoms with van der Waals surface area (Å²) in [6.45, 7) is 10.3. The Bertz CT molecular complexity index is 2880. The molecule has 5 aromatic rings. The fourth-order valence-electron chi connectivity index (χ4n) is 8.65. The van der Waals surface area contributed by atoms with Crippen molar-refractivity contribution >= 4 is 63.7 Å². The number of likely N-dealkylation sites (tertiary alicyclic amines) is 1. The lowest BCUT2D eigenvalue weighted by atomic mass is 9.85. The van der Waals surface area contributed by atoms with E-state index in [0.29, 0.717) is 11.4 Å². The molecule has 384 valence electrons. The number of halogens is 3. The van der Waals surface area contributed by atoms with Crippen LogP contribution in [-0.4, -0.2) is 105 Å². The number of rotatable bonds is 17. The minimum atomic E-state index is -4.82. The highest BCUT2D eigenvalue weighted by molar-refractivity contribution is 7.81. The summed E-state index contributed by atoms with van der Waals surface area (Å²) in [6, 6.07) is 24.6. The van der Waals surface area contributed by atoms with E-state index in [9.17, 15) is 47.8 Å². The van der Waals surface area contributed by atoms with Crippen LogP contribution in [0.3, 0.4) is 0 Å². The van der Waals surface area contributed by atoms with Crippen LogP contribution in [0.1, 0.15) is 69.8 Å². The van der Waals surface area contributed by atoms with E-state index in [4.69, 9.17) is 21.7 Å². The Balaban J connectivity index is 0.855. The number of anilines is 2. The summed E-state index contributed by atoms with van der Waals surface area (Å²) in [5, 5.41) is 36.1. The maximum Gasteiger partial charge on any atom is 0.417 e. The number of carbonyl (C=O) groups is 4. The van der Waals surface area contributed by atoms with Crippen molar-refractivity contribution in [3.05, 3.63) is 119 Å². The van der Waals surface area contributed by atoms with E-state index in [1.165, 1.54) is 11.0 Å². The van der Waals surface area contributed by atoms with Crippen LogP contribution in [0.4, 0.5) is 24.5 Å². The number of thiocarbonyl (C=S) groups is 1. The van der Waals surface area contributed by atoms with Crippen molar-refractivity contribution in [2.75, 3.05) is 36.2 Å². The number of thiazole rings is 1. The third-order valence-electron chi connectivity index (χ3n) is 12.7. The van der Waals surface area contributed by atoms with E-state index in [1.807, 2.05) is 55.5 Å². The van der Waals surface area contributed by atoms with Gasteiger partial charge in [0.2, 0.25) is 17.7 Å². The molecule has 2 saturated heterocycles. The van der Waals surface area contributed by atoms with Crippen LogP contribution in [0.25, 0.3) is 21.6 Å². The number of alkyl halides is 3. The average Bonchev–Trinajstić information content (AvgIpc) is 4.02. The van der Waals surface area contributed by atoms with Gasteiger partial charge in [0.15, 0.2) is 5.11 Å². The molecular weight excluding hydrogens is 984 g/mol. The molecule has 2 aliphatic rings. The third-order valence-corrected chi connectivity index (χ3v) is 14.0. The second-order valence-electron chi connectivity index (χ2n) is 19.5. The van der Waals surface area contributed by atoms with Crippen LogP contribution in [0.15, 0.2) is 96.5 Å². The number of hydrogen-bond acceptors (Lipinski definition) is 12. The van der Waals surface area contributed by atoms with Crippen LogP contribution in [0.5, 0.6) is 5.75 Å². The van der Waals surface area contributed by atoms with Gasteiger partial charge in [-0.1, -0.05) is 69.3 Å². The van der Waals surface area contributed by atoms with E-state index < -0.39 is 82.8 Å². The molecule has 4 atom stereocenters. The largest absolute Gasteiger partial charge is 0.491 e. The Kier molecular flexibility index (Phi) is 16.4. The van der Waals surface area contributed by atoms with Gasteiger partial charge >= 0.3 is 6.18 Å². The van der Waals surface area contributed by atoms with Crippen LogP contribution in [0.2, 0.25) is 0 Å². The molecule has 73 heavy (non-hydrogen) atoms. The van der Waals surface area contributed by atoms with Gasteiger partial charge in [0.1, 0.15) is 36.6 Å². The first-order valence-electron chi connectivity index (χ1n) is 23.4. The number of aryl methyl sites for hydroxylation is 1. The number of hydrogen-bond donors (Lipinski definition) is 4. The number of nitrogens with zero attached hydrogens (tertiary/aromatic N) is 5. The molecule has 0 bridgehead atoms. The highest BCUT2D eigenvalue weighted by Crippen LogP contribution is 2.40. The molecule has 0 spiro atoms. The summed E-state index contributed by atoms with van der Waals surface area (Å²) in [5.41, 5.74) is 2.93. The van der Waals surface area contributed by atoms with Crippen LogP contribution in [0, 0.1) is 23.7 Å². The number of nitrogens with one attached hydrogen (secondary N) is 2. The molecule has 20 heteroatoms. The number of aliphatic hydroxyl groups is 2. The number of nitriles is 1. The molecule has 1 unspecified atom stereocenters. The summed E-state index contributed by atoms with van der Waals surface area (Å²) < 4.78 is 52.7. The monoisotopic (exact) mass is 1040 g/mol. The molecule has 3 heterocycles. The Morgan fingerprint density at radius 1 is 0.973 bits per heavy atom. The van der Waals surface area contributed by atoms with Gasteiger partial charge in [-0.25, -0.2) is 4.98 Å². The quantitative estimate of drug-likeness (QED) is 0.0528. The predicted molar refractivity (Wildman–Crippen MR) is 273 cm³/mol. The van der Waals surface area contributed by atoms with Crippen LogP contribution >= 0.6 is 23.6 Å². The molecule has 0 radical (unpaired) electrons. The molecule has 7 rings (SSSR count). The van der Waals surface area contributed by atoms with Gasteiger partial charge in [-0.3, -0.25) is 24.1 Å². The number of ether oxygens (including phenoxy) is 2. The molecule has 0 aliphatic carbocycles. The average molecular weight is 1040 g/mol. The van der Waals surface area contributed by atoms with Crippen molar-refractivity contribution in [1.82, 2.24) is 20.5 Å². The van der Waals surface area contributed by atoms with Crippen LogP contribution < -0.4 is 25.2 Å². The van der Waals surface area contributed by atoms with E-state index in [-0.39, 0.29) is 49.9 Å². The fraction of sp³-hybridized carbons (Fsp3) is 0.377. The summed E-state index contributed by atoms with van der Waals surface area (Å²) in [4.78, 5) is 63.5. The lowest BCUT2D eigenvalue weighted by Crippen LogP contribution is -2.58. The zero-order valence-corrected chi connectivity index (χ0v) is 42.7. The van der Waals surface area contributed by atoms with Gasteiger partial charge < -0.3 is 40.1 Å². The zero-order valence-electron chi connectivity index (χ0n) is 41.0. The minimum Gasteiger partial charge on any atom is -0.491 e. The smallest absolute Gasteiger partial charge is 0.417 e. The number of aliphatic hydroxyl groups excluding tert-OH is 2. The second-order valence-corrected chi connectivity index (χ2v) is 20.7. The predicted octanol–water partition coefficient (Wildman–Crippen LogP) is 7.55. The Morgan fingerprint density at radius 2 is 1.60 bits per heavy atom. The Labute approximate surface area is 430 Å². The molecular formula is C53H56F3N7O8S2. The van der Waals surface area contributed by atoms with E-state index >= 15 is 0 Å². The number of benzene rings is 4. The topological polar surface area (TPSA) is 198 Å². The van der Waals surface area contributed by atoms with Crippen molar-refractivity contribution in [3.8, 4) is 33.4 Å². The summed E-state index contributed by atoms with van der Waals surface area (Å²) in [5.74, 6) is -1.54. The highest BCUT2D eigenvalue weighted by atomic mass is 32.1. The lowest BCUT2D eigenvalue weighted by molar-refractivity contribution is -0.144. The van der Waals surface area contributed by atoms with Gasteiger partial charge in [0.25, 0.3) is 5.91 Å². The molecule has 1 aromatic heterocycles. The van der Waals surface area contributed by atoms with Gasteiger partial charge in [-0.05, 0) is 103 Å². The molecule has 2 fully saturated rings. The van der Waals surface area contributed by atoms with Crippen molar-refractivity contribution < 1.29 is 52.0 Å². The van der Waals surface area contributed by atoms with Crippen molar-refractivity contribution in [3.63, 3.8) is 0 Å². The van der Waals surface area contributed by atoms with Gasteiger partial charge in [-0.15, -0.1) is 11.3 Å². The first kappa shape index (κ1) is 54.0. The minimum absolute atomic E-state index is 0.00906. The molecule has 4 amide bonds. The van der Waals surface area contributed by atoms with Gasteiger partial charge in [0.05, 0.1) is 51.2 Å². The first-order chi connectivity index (χ1) is 34.5. The van der Waals surface area contributed by atoms with E-state index in [2.05, 4.69) is 15.6 Å². The summed E-state index contributed by atoms with van der Waals surface area (Å²) in [6.07, 6.45) is -6.49. The SMILES string of the molecule is Cc1ncsc1-c1ccc(CNC(=O)[C@@H]2C[C@@H](O)CN2C(=O)[C@@H](NC(=O)COCCC(O)COc2ccc(-c3ccc(N4C(=S)N(c5ccc(C#N)c(C(F)(F)F)c5)C(=O)C4(C)C)cc3)cc2)C(C)(C)C)cc1. The third kappa shape index (κ3) is 12.4. The molecule has 4 N–H and O–H groups in total. The summed E-state index contributed by atoms with van der Waals surface area (Å²) >= 11 is 7.21.